The highest BCUT2D eigenvalue weighted by atomic mass is 32.2. The van der Waals surface area contributed by atoms with E-state index in [4.69, 9.17) is 9.47 Å². The monoisotopic (exact) mass is 371 g/mol. The maximum atomic E-state index is 12.5. The molecule has 1 aliphatic heterocycles. The van der Waals surface area contributed by atoms with Crippen LogP contribution in [0.2, 0.25) is 0 Å². The van der Waals surface area contributed by atoms with Crippen LogP contribution in [0.4, 0.5) is 0 Å². The van der Waals surface area contributed by atoms with E-state index in [1.54, 1.807) is 11.8 Å². The van der Waals surface area contributed by atoms with Gasteiger partial charge in [0.05, 0.1) is 6.61 Å². The summed E-state index contributed by atoms with van der Waals surface area (Å²) in [6.07, 6.45) is 3.14. The quantitative estimate of drug-likeness (QED) is 0.792. The molecule has 1 unspecified atom stereocenters. The van der Waals surface area contributed by atoms with Gasteiger partial charge in [-0.15, -0.1) is 0 Å². The Morgan fingerprint density at radius 2 is 2.08 bits per heavy atom. The van der Waals surface area contributed by atoms with Crippen molar-refractivity contribution in [1.82, 2.24) is 5.32 Å². The predicted molar refractivity (Wildman–Crippen MR) is 106 cm³/mol. The van der Waals surface area contributed by atoms with E-state index >= 15 is 0 Å². The fourth-order valence-electron chi connectivity index (χ4n) is 3.11. The van der Waals surface area contributed by atoms with Crippen molar-refractivity contribution < 1.29 is 14.3 Å². The van der Waals surface area contributed by atoms with E-state index in [0.717, 1.165) is 29.2 Å². The Bertz CT molecular complexity index is 774. The summed E-state index contributed by atoms with van der Waals surface area (Å²) in [6, 6.07) is 11.8. The molecule has 1 aliphatic rings. The van der Waals surface area contributed by atoms with Crippen molar-refractivity contribution in [2.45, 2.75) is 38.7 Å². The van der Waals surface area contributed by atoms with Gasteiger partial charge < -0.3 is 14.8 Å². The van der Waals surface area contributed by atoms with Gasteiger partial charge in [0.2, 0.25) is 0 Å². The van der Waals surface area contributed by atoms with Crippen LogP contribution >= 0.6 is 11.8 Å². The molecule has 1 atom stereocenters. The lowest BCUT2D eigenvalue weighted by atomic mass is 10.1. The van der Waals surface area contributed by atoms with E-state index in [0.29, 0.717) is 18.7 Å². The molecule has 0 fully saturated rings. The van der Waals surface area contributed by atoms with E-state index in [-0.39, 0.29) is 12.0 Å². The molecule has 0 saturated carbocycles. The standard InChI is InChI=1S/C21H25NO3S/c1-4-24-19-10-17-9-14(2)25-20(17)11-18(19)12-22-21(23)16-7-5-15(6-8-16)13-26-3/h5-8,10-11,14H,4,9,12-13H2,1-3H3,(H,22,23). The van der Waals surface area contributed by atoms with Crippen molar-refractivity contribution in [3.8, 4) is 11.5 Å². The van der Waals surface area contributed by atoms with E-state index in [9.17, 15) is 4.79 Å². The number of fused-ring (bicyclic) bond motifs is 1. The van der Waals surface area contributed by atoms with Crippen molar-refractivity contribution in [1.29, 1.82) is 0 Å². The molecule has 1 N–H and O–H groups in total. The van der Waals surface area contributed by atoms with Crippen LogP contribution < -0.4 is 14.8 Å². The number of benzene rings is 2. The molecule has 2 aromatic rings. The smallest absolute Gasteiger partial charge is 0.251 e. The summed E-state index contributed by atoms with van der Waals surface area (Å²) in [6.45, 7) is 5.02. The summed E-state index contributed by atoms with van der Waals surface area (Å²) in [5.74, 6) is 2.58. The average Bonchev–Trinajstić information content (AvgIpc) is 2.99. The molecule has 2 aromatic carbocycles. The van der Waals surface area contributed by atoms with Gasteiger partial charge in [-0.3, -0.25) is 4.79 Å². The summed E-state index contributed by atoms with van der Waals surface area (Å²) >= 11 is 1.77. The average molecular weight is 372 g/mol. The van der Waals surface area contributed by atoms with Crippen molar-refractivity contribution in [2.24, 2.45) is 0 Å². The van der Waals surface area contributed by atoms with Gasteiger partial charge in [0, 0.05) is 35.4 Å². The normalized spacial score (nSPS) is 15.3. The Labute approximate surface area is 159 Å². The minimum atomic E-state index is -0.0852. The molecule has 138 valence electrons. The molecule has 3 rings (SSSR count). The minimum absolute atomic E-state index is 0.0852. The van der Waals surface area contributed by atoms with Crippen LogP contribution in [0.1, 0.15) is 40.9 Å². The minimum Gasteiger partial charge on any atom is -0.494 e. The van der Waals surface area contributed by atoms with Gasteiger partial charge in [-0.05, 0) is 49.9 Å². The van der Waals surface area contributed by atoms with E-state index in [2.05, 4.69) is 18.5 Å². The first kappa shape index (κ1) is 18.6. The highest BCUT2D eigenvalue weighted by molar-refractivity contribution is 7.97. The van der Waals surface area contributed by atoms with Gasteiger partial charge >= 0.3 is 0 Å². The van der Waals surface area contributed by atoms with Gasteiger partial charge in [-0.25, -0.2) is 0 Å². The van der Waals surface area contributed by atoms with Crippen LogP contribution in [0.5, 0.6) is 11.5 Å². The van der Waals surface area contributed by atoms with Gasteiger partial charge in [0.1, 0.15) is 17.6 Å². The Balaban J connectivity index is 1.70. The van der Waals surface area contributed by atoms with E-state index in [1.165, 1.54) is 11.1 Å². The van der Waals surface area contributed by atoms with Crippen LogP contribution in [0, 0.1) is 0 Å². The molecule has 5 heteroatoms. The number of carbonyl (C=O) groups excluding carboxylic acids is 1. The summed E-state index contributed by atoms with van der Waals surface area (Å²) in [5.41, 5.74) is 3.99. The largest absolute Gasteiger partial charge is 0.494 e. The second-order valence-corrected chi connectivity index (χ2v) is 7.31. The third kappa shape index (κ3) is 4.33. The number of hydrogen-bond acceptors (Lipinski definition) is 4. The van der Waals surface area contributed by atoms with Crippen molar-refractivity contribution in [2.75, 3.05) is 12.9 Å². The fraction of sp³-hybridized carbons (Fsp3) is 0.381. The third-order valence-electron chi connectivity index (χ3n) is 4.35. The van der Waals surface area contributed by atoms with Crippen LogP contribution in [0.3, 0.4) is 0 Å². The van der Waals surface area contributed by atoms with Crippen LogP contribution in [-0.4, -0.2) is 24.9 Å². The molecule has 0 spiro atoms. The van der Waals surface area contributed by atoms with Gasteiger partial charge in [-0.1, -0.05) is 12.1 Å². The maximum absolute atomic E-state index is 12.5. The molecule has 1 amide bonds. The van der Waals surface area contributed by atoms with Gasteiger partial charge in [0.15, 0.2) is 0 Å². The molecule has 4 nitrogen and oxygen atoms in total. The van der Waals surface area contributed by atoms with Crippen molar-refractivity contribution in [3.63, 3.8) is 0 Å². The first-order chi connectivity index (χ1) is 12.6. The Morgan fingerprint density at radius 1 is 1.31 bits per heavy atom. The van der Waals surface area contributed by atoms with Crippen LogP contribution in [0.15, 0.2) is 36.4 Å². The Kier molecular flexibility index (Phi) is 6.09. The second kappa shape index (κ2) is 8.49. The fourth-order valence-corrected chi connectivity index (χ4v) is 3.63. The third-order valence-corrected chi connectivity index (χ3v) is 4.97. The predicted octanol–water partition coefficient (Wildman–Crippen LogP) is 4.20. The lowest BCUT2D eigenvalue weighted by Crippen LogP contribution is -2.23. The number of rotatable bonds is 7. The number of hydrogen-bond donors (Lipinski definition) is 1. The van der Waals surface area contributed by atoms with Gasteiger partial charge in [-0.2, -0.15) is 11.8 Å². The topological polar surface area (TPSA) is 47.6 Å². The zero-order chi connectivity index (χ0) is 18.5. The summed E-state index contributed by atoms with van der Waals surface area (Å²) in [4.78, 5) is 12.5. The lowest BCUT2D eigenvalue weighted by molar-refractivity contribution is 0.0950. The lowest BCUT2D eigenvalue weighted by Gasteiger charge is -2.13. The summed E-state index contributed by atoms with van der Waals surface area (Å²) in [5, 5.41) is 2.99. The first-order valence-corrected chi connectivity index (χ1v) is 10.3. The molecular formula is C21H25NO3S. The number of carbonyl (C=O) groups is 1. The Hall–Kier alpha value is -2.14. The first-order valence-electron chi connectivity index (χ1n) is 8.92. The highest BCUT2D eigenvalue weighted by Gasteiger charge is 2.22. The van der Waals surface area contributed by atoms with Crippen molar-refractivity contribution >= 4 is 17.7 Å². The summed E-state index contributed by atoms with van der Waals surface area (Å²) in [7, 11) is 0. The van der Waals surface area contributed by atoms with E-state index < -0.39 is 0 Å². The highest BCUT2D eigenvalue weighted by Crippen LogP contribution is 2.35. The molecule has 0 aromatic heterocycles. The van der Waals surface area contributed by atoms with Crippen LogP contribution in [-0.2, 0) is 18.7 Å². The zero-order valence-electron chi connectivity index (χ0n) is 15.5. The van der Waals surface area contributed by atoms with Crippen molar-refractivity contribution in [3.05, 3.63) is 58.7 Å². The molecule has 26 heavy (non-hydrogen) atoms. The van der Waals surface area contributed by atoms with Gasteiger partial charge in [0.25, 0.3) is 5.91 Å². The van der Waals surface area contributed by atoms with Crippen LogP contribution in [0.25, 0.3) is 0 Å². The number of ether oxygens (including phenoxy) is 2. The zero-order valence-corrected chi connectivity index (χ0v) is 16.3. The molecular weight excluding hydrogens is 346 g/mol. The number of amides is 1. The number of nitrogens with one attached hydrogen (secondary N) is 1. The maximum Gasteiger partial charge on any atom is 0.251 e. The molecule has 1 heterocycles. The second-order valence-electron chi connectivity index (χ2n) is 6.45. The summed E-state index contributed by atoms with van der Waals surface area (Å²) < 4.78 is 11.6. The number of thioether (sulfide) groups is 1. The molecule has 0 bridgehead atoms. The van der Waals surface area contributed by atoms with E-state index in [1.807, 2.05) is 43.3 Å². The SMILES string of the molecule is CCOc1cc2c(cc1CNC(=O)c1ccc(CSC)cc1)OC(C)C2. The Morgan fingerprint density at radius 3 is 2.77 bits per heavy atom. The molecule has 0 aliphatic carbocycles. The molecule has 0 radical (unpaired) electrons. The molecule has 0 saturated heterocycles.